The fourth-order valence-electron chi connectivity index (χ4n) is 1.59. The molecule has 2 aromatic rings. The van der Waals surface area contributed by atoms with Gasteiger partial charge in [-0.05, 0) is 37.6 Å². The van der Waals surface area contributed by atoms with E-state index in [1.807, 2.05) is 31.2 Å². The lowest BCUT2D eigenvalue weighted by atomic mass is 10.1. The highest BCUT2D eigenvalue weighted by molar-refractivity contribution is 6.35. The first-order valence-corrected chi connectivity index (χ1v) is 5.25. The number of halogens is 1. The van der Waals surface area contributed by atoms with E-state index >= 15 is 0 Å². The van der Waals surface area contributed by atoms with Crippen molar-refractivity contribution in [2.45, 2.75) is 13.8 Å². The SMILES string of the molecule is C/C(=N/O)c1ccc2nc(C)cc(Cl)c2c1. The van der Waals surface area contributed by atoms with Crippen molar-refractivity contribution in [1.82, 2.24) is 4.98 Å². The van der Waals surface area contributed by atoms with Crippen molar-refractivity contribution in [2.24, 2.45) is 5.16 Å². The van der Waals surface area contributed by atoms with Gasteiger partial charge in [0.25, 0.3) is 0 Å². The van der Waals surface area contributed by atoms with Crippen molar-refractivity contribution in [3.05, 3.63) is 40.5 Å². The summed E-state index contributed by atoms with van der Waals surface area (Å²) >= 11 is 6.14. The number of benzene rings is 1. The first-order chi connectivity index (χ1) is 7.61. The predicted molar refractivity (Wildman–Crippen MR) is 65.5 cm³/mol. The molecule has 1 N–H and O–H groups in total. The van der Waals surface area contributed by atoms with Crippen molar-refractivity contribution < 1.29 is 5.21 Å². The molecule has 0 aliphatic carbocycles. The van der Waals surface area contributed by atoms with Gasteiger partial charge in [-0.1, -0.05) is 22.8 Å². The number of aromatic nitrogens is 1. The van der Waals surface area contributed by atoms with Gasteiger partial charge in [0.1, 0.15) is 0 Å². The first-order valence-electron chi connectivity index (χ1n) is 4.88. The second-order valence-corrected chi connectivity index (χ2v) is 4.07. The zero-order valence-electron chi connectivity index (χ0n) is 9.03. The quantitative estimate of drug-likeness (QED) is 0.467. The van der Waals surface area contributed by atoms with Gasteiger partial charge in [-0.25, -0.2) is 0 Å². The van der Waals surface area contributed by atoms with Crippen LogP contribution in [0.15, 0.2) is 29.4 Å². The molecule has 0 radical (unpaired) electrons. The highest BCUT2D eigenvalue weighted by atomic mass is 35.5. The molecular formula is C12H11ClN2O. The largest absolute Gasteiger partial charge is 0.411 e. The molecule has 16 heavy (non-hydrogen) atoms. The lowest BCUT2D eigenvalue weighted by Crippen LogP contribution is -1.95. The topological polar surface area (TPSA) is 45.5 Å². The van der Waals surface area contributed by atoms with Crippen LogP contribution in [-0.2, 0) is 0 Å². The number of hydrogen-bond donors (Lipinski definition) is 1. The minimum Gasteiger partial charge on any atom is -0.411 e. The molecule has 1 aromatic carbocycles. The summed E-state index contributed by atoms with van der Waals surface area (Å²) in [6, 6.07) is 7.43. The van der Waals surface area contributed by atoms with Crippen LogP contribution in [0.2, 0.25) is 5.02 Å². The van der Waals surface area contributed by atoms with Crippen LogP contribution in [0.3, 0.4) is 0 Å². The Bertz CT molecular complexity index is 578. The van der Waals surface area contributed by atoms with E-state index < -0.39 is 0 Å². The first kappa shape index (κ1) is 10.9. The van der Waals surface area contributed by atoms with E-state index in [1.165, 1.54) is 0 Å². The molecule has 0 unspecified atom stereocenters. The van der Waals surface area contributed by atoms with Crippen molar-refractivity contribution in [3.8, 4) is 0 Å². The summed E-state index contributed by atoms with van der Waals surface area (Å²) in [7, 11) is 0. The highest BCUT2D eigenvalue weighted by Gasteiger charge is 2.05. The average molecular weight is 235 g/mol. The van der Waals surface area contributed by atoms with Crippen LogP contribution in [0.1, 0.15) is 18.2 Å². The molecule has 0 aliphatic heterocycles. The molecule has 1 heterocycles. The maximum absolute atomic E-state index is 8.71. The van der Waals surface area contributed by atoms with Crippen LogP contribution in [0.5, 0.6) is 0 Å². The van der Waals surface area contributed by atoms with E-state index in [0.29, 0.717) is 10.7 Å². The molecule has 0 aliphatic rings. The molecule has 3 nitrogen and oxygen atoms in total. The Morgan fingerprint density at radius 3 is 2.81 bits per heavy atom. The van der Waals surface area contributed by atoms with E-state index in [0.717, 1.165) is 22.2 Å². The summed E-state index contributed by atoms with van der Waals surface area (Å²) in [6.45, 7) is 3.64. The Morgan fingerprint density at radius 1 is 1.38 bits per heavy atom. The molecule has 82 valence electrons. The zero-order chi connectivity index (χ0) is 11.7. The lowest BCUT2D eigenvalue weighted by Gasteiger charge is -2.04. The third-order valence-corrected chi connectivity index (χ3v) is 2.77. The molecule has 0 saturated heterocycles. The normalized spacial score (nSPS) is 12.1. The zero-order valence-corrected chi connectivity index (χ0v) is 9.78. The highest BCUT2D eigenvalue weighted by Crippen LogP contribution is 2.24. The molecular weight excluding hydrogens is 224 g/mol. The minimum absolute atomic E-state index is 0.554. The van der Waals surface area contributed by atoms with Gasteiger partial charge in [0, 0.05) is 11.1 Å². The Labute approximate surface area is 98.4 Å². The summed E-state index contributed by atoms with van der Waals surface area (Å²) < 4.78 is 0. The molecule has 0 bridgehead atoms. The van der Waals surface area contributed by atoms with Gasteiger partial charge in [-0.2, -0.15) is 0 Å². The van der Waals surface area contributed by atoms with Crippen LogP contribution in [0, 0.1) is 6.92 Å². The Hall–Kier alpha value is -1.61. The molecule has 0 atom stereocenters. The molecule has 0 fully saturated rings. The third-order valence-electron chi connectivity index (χ3n) is 2.45. The lowest BCUT2D eigenvalue weighted by molar-refractivity contribution is 0.319. The maximum Gasteiger partial charge on any atom is 0.0837 e. The van der Waals surface area contributed by atoms with E-state index in [1.54, 1.807) is 6.92 Å². The van der Waals surface area contributed by atoms with Crippen molar-refractivity contribution >= 4 is 28.2 Å². The Balaban J connectivity index is 2.71. The molecule has 2 rings (SSSR count). The monoisotopic (exact) mass is 234 g/mol. The van der Waals surface area contributed by atoms with Crippen LogP contribution < -0.4 is 0 Å². The number of aryl methyl sites for hydroxylation is 1. The molecule has 0 amide bonds. The fraction of sp³-hybridized carbons (Fsp3) is 0.167. The van der Waals surface area contributed by atoms with E-state index in [9.17, 15) is 0 Å². The summed E-state index contributed by atoms with van der Waals surface area (Å²) in [5, 5.41) is 13.4. The fourth-order valence-corrected chi connectivity index (χ4v) is 1.90. The van der Waals surface area contributed by atoms with E-state index in [-0.39, 0.29) is 0 Å². The molecule has 1 aromatic heterocycles. The van der Waals surface area contributed by atoms with Gasteiger partial charge >= 0.3 is 0 Å². The van der Waals surface area contributed by atoms with Crippen LogP contribution in [-0.4, -0.2) is 15.9 Å². The Kier molecular flexibility index (Phi) is 2.79. The van der Waals surface area contributed by atoms with Crippen LogP contribution in [0.25, 0.3) is 10.9 Å². The van der Waals surface area contributed by atoms with Crippen LogP contribution in [0.4, 0.5) is 0 Å². The summed E-state index contributed by atoms with van der Waals surface area (Å²) in [4.78, 5) is 4.38. The number of pyridine rings is 1. The van der Waals surface area contributed by atoms with Gasteiger partial charge < -0.3 is 5.21 Å². The van der Waals surface area contributed by atoms with E-state index in [4.69, 9.17) is 16.8 Å². The van der Waals surface area contributed by atoms with Crippen molar-refractivity contribution in [2.75, 3.05) is 0 Å². The van der Waals surface area contributed by atoms with Gasteiger partial charge in [0.15, 0.2) is 0 Å². The third kappa shape index (κ3) is 1.86. The molecule has 4 heteroatoms. The standard InChI is InChI=1S/C12H11ClN2O/c1-7-5-11(13)10-6-9(8(2)15-16)3-4-12(10)14-7/h3-6,16H,1-2H3/b15-8-. The van der Waals surface area contributed by atoms with Crippen molar-refractivity contribution in [3.63, 3.8) is 0 Å². The second kappa shape index (κ2) is 4.10. The maximum atomic E-state index is 8.71. The smallest absolute Gasteiger partial charge is 0.0837 e. The van der Waals surface area contributed by atoms with E-state index in [2.05, 4.69) is 10.1 Å². The van der Waals surface area contributed by atoms with Crippen molar-refractivity contribution in [1.29, 1.82) is 0 Å². The van der Waals surface area contributed by atoms with Crippen LogP contribution >= 0.6 is 11.6 Å². The predicted octanol–water partition coefficient (Wildman–Crippen LogP) is 3.39. The second-order valence-electron chi connectivity index (χ2n) is 3.66. The molecule has 0 saturated carbocycles. The average Bonchev–Trinajstić information content (AvgIpc) is 2.27. The van der Waals surface area contributed by atoms with Gasteiger partial charge in [0.2, 0.25) is 0 Å². The van der Waals surface area contributed by atoms with Gasteiger partial charge in [-0.15, -0.1) is 0 Å². The Morgan fingerprint density at radius 2 is 2.12 bits per heavy atom. The summed E-state index contributed by atoms with van der Waals surface area (Å²) in [5.74, 6) is 0. The number of hydrogen-bond acceptors (Lipinski definition) is 3. The van der Waals surface area contributed by atoms with Gasteiger partial charge in [-0.3, -0.25) is 4.98 Å². The van der Waals surface area contributed by atoms with Gasteiger partial charge in [0.05, 0.1) is 16.3 Å². The number of fused-ring (bicyclic) bond motifs is 1. The molecule has 0 spiro atoms. The number of oxime groups is 1. The number of nitrogens with zero attached hydrogens (tertiary/aromatic N) is 2. The number of rotatable bonds is 1. The minimum atomic E-state index is 0.554. The summed E-state index contributed by atoms with van der Waals surface area (Å²) in [5.41, 5.74) is 3.12. The summed E-state index contributed by atoms with van der Waals surface area (Å²) in [6.07, 6.45) is 0.